The van der Waals surface area contributed by atoms with E-state index in [0.29, 0.717) is 5.76 Å². The van der Waals surface area contributed by atoms with Crippen molar-refractivity contribution in [3.8, 4) is 0 Å². The Balaban J connectivity index is 2.24. The van der Waals surface area contributed by atoms with Gasteiger partial charge in [0.2, 0.25) is 15.9 Å². The number of hydrogen-bond acceptors (Lipinski definition) is 5. The van der Waals surface area contributed by atoms with Crippen LogP contribution in [0.25, 0.3) is 0 Å². The van der Waals surface area contributed by atoms with Gasteiger partial charge in [0.05, 0.1) is 17.3 Å². The molecule has 2 rings (SSSR count). The van der Waals surface area contributed by atoms with Crippen LogP contribution in [-0.2, 0) is 10.0 Å². The van der Waals surface area contributed by atoms with Crippen LogP contribution in [0, 0.1) is 6.92 Å². The SMILES string of the molecule is Cc1cnc(C(C)NS(=O)(=O)c2cnc(Cl)c(Cl)c2)o1. The van der Waals surface area contributed by atoms with E-state index in [1.807, 2.05) is 0 Å². The molecule has 2 heterocycles. The summed E-state index contributed by atoms with van der Waals surface area (Å²) in [6.45, 7) is 3.34. The van der Waals surface area contributed by atoms with Crippen LogP contribution in [0.1, 0.15) is 24.6 Å². The molecule has 108 valence electrons. The van der Waals surface area contributed by atoms with Gasteiger partial charge in [-0.3, -0.25) is 0 Å². The predicted octanol–water partition coefficient (Wildman–Crippen LogP) is 2.72. The van der Waals surface area contributed by atoms with Gasteiger partial charge in [0, 0.05) is 6.20 Å². The molecule has 0 aliphatic heterocycles. The summed E-state index contributed by atoms with van der Waals surface area (Å²) in [6.07, 6.45) is 2.64. The zero-order chi connectivity index (χ0) is 14.9. The highest BCUT2D eigenvalue weighted by Crippen LogP contribution is 2.23. The third-order valence-electron chi connectivity index (χ3n) is 2.42. The summed E-state index contributed by atoms with van der Waals surface area (Å²) in [5.41, 5.74) is 0. The monoisotopic (exact) mass is 335 g/mol. The van der Waals surface area contributed by atoms with Crippen molar-refractivity contribution in [2.24, 2.45) is 0 Å². The number of nitrogens with zero attached hydrogens (tertiary/aromatic N) is 2. The maximum Gasteiger partial charge on any atom is 0.242 e. The number of nitrogens with one attached hydrogen (secondary N) is 1. The Morgan fingerprint density at radius 1 is 1.30 bits per heavy atom. The van der Waals surface area contributed by atoms with Crippen LogP contribution in [0.15, 0.2) is 27.8 Å². The van der Waals surface area contributed by atoms with Crippen LogP contribution in [0.4, 0.5) is 0 Å². The van der Waals surface area contributed by atoms with Gasteiger partial charge in [-0.1, -0.05) is 23.2 Å². The second-order valence-electron chi connectivity index (χ2n) is 4.10. The molecule has 0 aliphatic carbocycles. The van der Waals surface area contributed by atoms with Crippen LogP contribution >= 0.6 is 23.2 Å². The summed E-state index contributed by atoms with van der Waals surface area (Å²) in [6, 6.07) is 0.607. The summed E-state index contributed by atoms with van der Waals surface area (Å²) in [4.78, 5) is 7.59. The van der Waals surface area contributed by atoms with Gasteiger partial charge in [0.25, 0.3) is 0 Å². The van der Waals surface area contributed by atoms with Crippen molar-refractivity contribution >= 4 is 33.2 Å². The van der Waals surface area contributed by atoms with E-state index < -0.39 is 16.1 Å². The van der Waals surface area contributed by atoms with Crippen molar-refractivity contribution in [3.05, 3.63) is 40.3 Å². The summed E-state index contributed by atoms with van der Waals surface area (Å²) >= 11 is 11.4. The minimum Gasteiger partial charge on any atom is -0.444 e. The van der Waals surface area contributed by atoms with Gasteiger partial charge in [-0.25, -0.2) is 18.4 Å². The van der Waals surface area contributed by atoms with E-state index in [1.165, 1.54) is 12.3 Å². The molecular weight excluding hydrogens is 325 g/mol. The lowest BCUT2D eigenvalue weighted by atomic mass is 10.4. The van der Waals surface area contributed by atoms with Crippen LogP contribution in [0.2, 0.25) is 10.2 Å². The van der Waals surface area contributed by atoms with E-state index >= 15 is 0 Å². The van der Waals surface area contributed by atoms with Gasteiger partial charge in [-0.05, 0) is 19.9 Å². The lowest BCUT2D eigenvalue weighted by Crippen LogP contribution is -2.27. The molecule has 1 unspecified atom stereocenters. The van der Waals surface area contributed by atoms with Crippen LogP contribution in [0.3, 0.4) is 0 Å². The van der Waals surface area contributed by atoms with Gasteiger partial charge in [0.15, 0.2) is 0 Å². The number of pyridine rings is 1. The normalized spacial score (nSPS) is 13.4. The Morgan fingerprint density at radius 3 is 2.55 bits per heavy atom. The largest absolute Gasteiger partial charge is 0.444 e. The minimum atomic E-state index is -3.79. The Morgan fingerprint density at radius 2 is 2.00 bits per heavy atom. The van der Waals surface area contributed by atoms with Gasteiger partial charge in [0.1, 0.15) is 15.8 Å². The number of rotatable bonds is 4. The molecule has 0 aliphatic rings. The molecule has 0 radical (unpaired) electrons. The molecule has 20 heavy (non-hydrogen) atoms. The Kier molecular flexibility index (Phi) is 4.33. The smallest absolute Gasteiger partial charge is 0.242 e. The fraction of sp³-hybridized carbons (Fsp3) is 0.273. The molecule has 0 fully saturated rings. The Labute approximate surface area is 126 Å². The number of aryl methyl sites for hydroxylation is 1. The fourth-order valence-electron chi connectivity index (χ4n) is 1.47. The molecule has 0 saturated heterocycles. The molecular formula is C11H11Cl2N3O3S. The molecule has 0 bridgehead atoms. The minimum absolute atomic E-state index is 0.0435. The quantitative estimate of drug-likeness (QED) is 0.868. The van der Waals surface area contributed by atoms with Gasteiger partial charge < -0.3 is 4.42 Å². The molecule has 2 aromatic rings. The fourth-order valence-corrected chi connectivity index (χ4v) is 2.98. The van der Waals surface area contributed by atoms with Crippen molar-refractivity contribution in [2.45, 2.75) is 24.8 Å². The van der Waals surface area contributed by atoms with E-state index in [4.69, 9.17) is 27.6 Å². The molecule has 0 amide bonds. The highest BCUT2D eigenvalue weighted by atomic mass is 35.5. The molecule has 0 aromatic carbocycles. The molecule has 1 atom stereocenters. The highest BCUT2D eigenvalue weighted by molar-refractivity contribution is 7.89. The zero-order valence-corrected chi connectivity index (χ0v) is 12.9. The highest BCUT2D eigenvalue weighted by Gasteiger charge is 2.22. The second-order valence-corrected chi connectivity index (χ2v) is 6.57. The molecule has 9 heteroatoms. The maximum absolute atomic E-state index is 12.2. The number of halogens is 2. The number of oxazole rings is 1. The van der Waals surface area contributed by atoms with Crippen molar-refractivity contribution in [2.75, 3.05) is 0 Å². The van der Waals surface area contributed by atoms with Crippen molar-refractivity contribution in [1.82, 2.24) is 14.7 Å². The van der Waals surface area contributed by atoms with Crippen LogP contribution in [-0.4, -0.2) is 18.4 Å². The Hall–Kier alpha value is -1.15. The summed E-state index contributed by atoms with van der Waals surface area (Å²) < 4.78 is 32.0. The summed E-state index contributed by atoms with van der Waals surface area (Å²) in [5, 5.41) is 0.108. The summed E-state index contributed by atoms with van der Waals surface area (Å²) in [5.74, 6) is 0.876. The van der Waals surface area contributed by atoms with E-state index in [1.54, 1.807) is 13.8 Å². The molecule has 1 N–H and O–H groups in total. The Bertz CT molecular complexity index is 730. The van der Waals surface area contributed by atoms with Crippen molar-refractivity contribution in [1.29, 1.82) is 0 Å². The first-order valence-corrected chi connectivity index (χ1v) is 7.79. The zero-order valence-electron chi connectivity index (χ0n) is 10.6. The average Bonchev–Trinajstić information content (AvgIpc) is 2.79. The first-order chi connectivity index (χ1) is 9.29. The first-order valence-electron chi connectivity index (χ1n) is 5.55. The van der Waals surface area contributed by atoms with Gasteiger partial charge >= 0.3 is 0 Å². The van der Waals surface area contributed by atoms with Gasteiger partial charge in [-0.15, -0.1) is 0 Å². The predicted molar refractivity (Wildman–Crippen MR) is 74.2 cm³/mol. The molecule has 2 aromatic heterocycles. The average molecular weight is 336 g/mol. The van der Waals surface area contributed by atoms with E-state index in [9.17, 15) is 8.42 Å². The number of aromatic nitrogens is 2. The lowest BCUT2D eigenvalue weighted by molar-refractivity contribution is 0.428. The third-order valence-corrected chi connectivity index (χ3v) is 4.62. The van der Waals surface area contributed by atoms with E-state index in [2.05, 4.69) is 14.7 Å². The number of hydrogen-bond donors (Lipinski definition) is 1. The second kappa shape index (κ2) is 5.69. The van der Waals surface area contributed by atoms with Crippen LogP contribution in [0.5, 0.6) is 0 Å². The third kappa shape index (κ3) is 3.29. The molecule has 0 saturated carbocycles. The standard InChI is InChI=1S/C11H11Cl2N3O3S/c1-6-4-15-11(19-6)7(2)16-20(17,18)8-3-9(12)10(13)14-5-8/h3-5,7,16H,1-2H3. The van der Waals surface area contributed by atoms with E-state index in [-0.39, 0.29) is 21.0 Å². The first kappa shape index (κ1) is 15.2. The van der Waals surface area contributed by atoms with E-state index in [0.717, 1.165) is 6.20 Å². The van der Waals surface area contributed by atoms with Crippen LogP contribution < -0.4 is 4.72 Å². The molecule has 0 spiro atoms. The lowest BCUT2D eigenvalue weighted by Gasteiger charge is -2.11. The van der Waals surface area contributed by atoms with Crippen molar-refractivity contribution in [3.63, 3.8) is 0 Å². The van der Waals surface area contributed by atoms with Crippen molar-refractivity contribution < 1.29 is 12.8 Å². The number of sulfonamides is 1. The topological polar surface area (TPSA) is 85.1 Å². The maximum atomic E-state index is 12.2. The summed E-state index contributed by atoms with van der Waals surface area (Å²) in [7, 11) is -3.79. The molecule has 6 nitrogen and oxygen atoms in total. The van der Waals surface area contributed by atoms with Gasteiger partial charge in [-0.2, -0.15) is 4.72 Å².